The number of amides is 2. The maximum Gasteiger partial charge on any atom is 0.226 e. The number of carbonyl (C=O) groups is 2. The van der Waals surface area contributed by atoms with Gasteiger partial charge in [0.2, 0.25) is 11.8 Å². The lowest BCUT2D eigenvalue weighted by molar-refractivity contribution is -0.129. The lowest BCUT2D eigenvalue weighted by atomic mass is 9.93. The molecule has 2 heterocycles. The van der Waals surface area contributed by atoms with Crippen molar-refractivity contribution in [1.82, 2.24) is 9.80 Å². The molecule has 1 atom stereocenters. The summed E-state index contributed by atoms with van der Waals surface area (Å²) in [5.74, 6) is -0.189. The average Bonchev–Trinajstić information content (AvgIpc) is 2.90. The Bertz CT molecular complexity index is 1230. The zero-order valence-corrected chi connectivity index (χ0v) is 20.6. The van der Waals surface area contributed by atoms with E-state index in [4.69, 9.17) is 0 Å². The van der Waals surface area contributed by atoms with Crippen molar-refractivity contribution in [3.8, 4) is 0 Å². The highest BCUT2D eigenvalue weighted by Crippen LogP contribution is 2.33. The molecule has 1 N–H and O–H groups in total. The summed E-state index contributed by atoms with van der Waals surface area (Å²) in [7, 11) is 0. The first-order chi connectivity index (χ1) is 17.6. The average molecular weight is 481 g/mol. The van der Waals surface area contributed by atoms with Crippen molar-refractivity contribution in [2.45, 2.75) is 25.9 Å². The molecule has 2 amide bonds. The molecule has 1 saturated heterocycles. The topological polar surface area (TPSA) is 55.9 Å². The van der Waals surface area contributed by atoms with Gasteiger partial charge in [-0.25, -0.2) is 0 Å². The minimum atomic E-state index is -0.310. The second-order valence-corrected chi connectivity index (χ2v) is 9.43. The molecule has 184 valence electrons. The van der Waals surface area contributed by atoms with E-state index in [0.29, 0.717) is 0 Å². The lowest BCUT2D eigenvalue weighted by Crippen LogP contribution is -2.45. The van der Waals surface area contributed by atoms with E-state index in [1.165, 1.54) is 18.2 Å². The van der Waals surface area contributed by atoms with E-state index in [0.717, 1.165) is 49.5 Å². The van der Waals surface area contributed by atoms with Crippen LogP contribution in [0.4, 0.5) is 11.4 Å². The Kier molecular flexibility index (Phi) is 7.14. The normalized spacial score (nSPS) is 17.5. The summed E-state index contributed by atoms with van der Waals surface area (Å²) in [6.45, 7) is 6.53. The van der Waals surface area contributed by atoms with Gasteiger partial charge >= 0.3 is 0 Å². The van der Waals surface area contributed by atoms with Crippen molar-refractivity contribution in [3.63, 3.8) is 0 Å². The maximum absolute atomic E-state index is 12.9. The zero-order valence-electron chi connectivity index (χ0n) is 20.6. The molecule has 6 heteroatoms. The van der Waals surface area contributed by atoms with Crippen molar-refractivity contribution in [2.24, 2.45) is 0 Å². The van der Waals surface area contributed by atoms with Gasteiger partial charge in [0.1, 0.15) is 0 Å². The van der Waals surface area contributed by atoms with Crippen molar-refractivity contribution in [1.29, 1.82) is 0 Å². The minimum Gasteiger partial charge on any atom is -0.369 e. The smallest absolute Gasteiger partial charge is 0.226 e. The Morgan fingerprint density at radius 3 is 2.28 bits per heavy atom. The summed E-state index contributed by atoms with van der Waals surface area (Å²) in [6, 6.07) is 26.3. The van der Waals surface area contributed by atoms with E-state index in [-0.39, 0.29) is 24.3 Å². The van der Waals surface area contributed by atoms with Crippen LogP contribution in [0.25, 0.3) is 6.08 Å². The number of hydrogen-bond donors (Lipinski definition) is 1. The number of rotatable bonds is 6. The van der Waals surface area contributed by atoms with Gasteiger partial charge in [-0.3, -0.25) is 14.5 Å². The second-order valence-electron chi connectivity index (χ2n) is 9.43. The van der Waals surface area contributed by atoms with Crippen LogP contribution in [-0.4, -0.2) is 47.8 Å². The first-order valence-corrected chi connectivity index (χ1v) is 12.5. The Labute approximate surface area is 212 Å². The van der Waals surface area contributed by atoms with Crippen LogP contribution in [0.1, 0.15) is 36.1 Å². The predicted octanol–water partition coefficient (Wildman–Crippen LogP) is 4.91. The Hall–Kier alpha value is -3.90. The summed E-state index contributed by atoms with van der Waals surface area (Å²) in [4.78, 5) is 31.7. The van der Waals surface area contributed by atoms with Crippen LogP contribution in [-0.2, 0) is 16.1 Å². The third-order valence-electron chi connectivity index (χ3n) is 6.99. The quantitative estimate of drug-likeness (QED) is 0.545. The fraction of sp³-hybridized carbons (Fsp3) is 0.267. The van der Waals surface area contributed by atoms with Crippen LogP contribution >= 0.6 is 0 Å². The van der Waals surface area contributed by atoms with Gasteiger partial charge in [-0.15, -0.1) is 0 Å². The predicted molar refractivity (Wildman–Crippen MR) is 144 cm³/mol. The molecule has 2 aliphatic rings. The number of carbonyl (C=O) groups excluding carboxylic acids is 2. The van der Waals surface area contributed by atoms with Gasteiger partial charge in [0.05, 0.1) is 12.5 Å². The van der Waals surface area contributed by atoms with E-state index in [2.05, 4.69) is 57.6 Å². The third kappa shape index (κ3) is 5.50. The molecule has 36 heavy (non-hydrogen) atoms. The highest BCUT2D eigenvalue weighted by atomic mass is 16.2. The maximum atomic E-state index is 12.9. The standard InChI is InChI=1S/C30H32N4O2/c1-23(35)34-16-15-25-9-5-6-10-28(25)29(34)21-30(36)31-26-11-13-27(14-12-26)33-19-17-32(18-20-33)22-24-7-3-2-4-8-24/h2-16,29H,17-22H2,1H3,(H,31,36)/t29-/m0/s1. The number of fused-ring (bicyclic) bond motifs is 1. The highest BCUT2D eigenvalue weighted by molar-refractivity contribution is 5.92. The highest BCUT2D eigenvalue weighted by Gasteiger charge is 2.28. The molecule has 0 unspecified atom stereocenters. The molecular weight excluding hydrogens is 448 g/mol. The van der Waals surface area contributed by atoms with Crippen LogP contribution in [0.3, 0.4) is 0 Å². The number of nitrogens with one attached hydrogen (secondary N) is 1. The lowest BCUT2D eigenvalue weighted by Gasteiger charge is -2.36. The van der Waals surface area contributed by atoms with Gasteiger partial charge < -0.3 is 15.1 Å². The summed E-state index contributed by atoms with van der Waals surface area (Å²) >= 11 is 0. The Morgan fingerprint density at radius 2 is 1.56 bits per heavy atom. The van der Waals surface area contributed by atoms with Crippen LogP contribution < -0.4 is 10.2 Å². The molecule has 0 radical (unpaired) electrons. The fourth-order valence-corrected chi connectivity index (χ4v) is 5.06. The molecule has 0 spiro atoms. The van der Waals surface area contributed by atoms with Gasteiger partial charge in [-0.05, 0) is 47.0 Å². The monoisotopic (exact) mass is 480 g/mol. The van der Waals surface area contributed by atoms with Crippen LogP contribution in [0.5, 0.6) is 0 Å². The van der Waals surface area contributed by atoms with E-state index >= 15 is 0 Å². The molecule has 3 aromatic carbocycles. The number of benzene rings is 3. The SMILES string of the molecule is CC(=O)N1C=Cc2ccccc2[C@@H]1CC(=O)Nc1ccc(N2CCN(Cc3ccccc3)CC2)cc1. The molecule has 2 aliphatic heterocycles. The summed E-state index contributed by atoms with van der Waals surface area (Å²) in [6.07, 6.45) is 3.90. The molecule has 1 fully saturated rings. The molecule has 0 saturated carbocycles. The first kappa shape index (κ1) is 23.8. The van der Waals surface area contributed by atoms with Crippen molar-refractivity contribution < 1.29 is 9.59 Å². The minimum absolute atomic E-state index is 0.0771. The van der Waals surface area contributed by atoms with Gasteiger partial charge in [0.25, 0.3) is 0 Å². The largest absolute Gasteiger partial charge is 0.369 e. The molecule has 0 aromatic heterocycles. The van der Waals surface area contributed by atoms with Gasteiger partial charge in [0.15, 0.2) is 0 Å². The first-order valence-electron chi connectivity index (χ1n) is 12.5. The van der Waals surface area contributed by atoms with Gasteiger partial charge in [-0.2, -0.15) is 0 Å². The summed E-state index contributed by atoms with van der Waals surface area (Å²) in [5.41, 5.74) is 5.32. The Morgan fingerprint density at radius 1 is 0.861 bits per heavy atom. The van der Waals surface area contributed by atoms with E-state index < -0.39 is 0 Å². The van der Waals surface area contributed by atoms with Crippen LogP contribution in [0, 0.1) is 0 Å². The molecule has 3 aromatic rings. The third-order valence-corrected chi connectivity index (χ3v) is 6.99. The number of hydrogen-bond acceptors (Lipinski definition) is 4. The van der Waals surface area contributed by atoms with E-state index in [9.17, 15) is 9.59 Å². The van der Waals surface area contributed by atoms with Crippen molar-refractivity contribution in [3.05, 3.63) is 102 Å². The van der Waals surface area contributed by atoms with Gasteiger partial charge in [-0.1, -0.05) is 54.6 Å². The van der Waals surface area contributed by atoms with E-state index in [1.54, 1.807) is 11.1 Å². The summed E-state index contributed by atoms with van der Waals surface area (Å²) < 4.78 is 0. The Balaban J connectivity index is 1.16. The molecular formula is C30H32N4O2. The molecule has 0 bridgehead atoms. The summed E-state index contributed by atoms with van der Waals surface area (Å²) in [5, 5.41) is 3.02. The molecule has 0 aliphatic carbocycles. The fourth-order valence-electron chi connectivity index (χ4n) is 5.06. The van der Waals surface area contributed by atoms with Crippen molar-refractivity contribution >= 4 is 29.3 Å². The number of piperazine rings is 1. The number of nitrogens with zero attached hydrogens (tertiary/aromatic N) is 3. The zero-order chi connectivity index (χ0) is 24.9. The van der Waals surface area contributed by atoms with Crippen LogP contribution in [0.2, 0.25) is 0 Å². The second kappa shape index (κ2) is 10.8. The van der Waals surface area contributed by atoms with Crippen molar-refractivity contribution in [2.75, 3.05) is 36.4 Å². The van der Waals surface area contributed by atoms with E-state index in [1.807, 2.05) is 42.5 Å². The van der Waals surface area contributed by atoms with Crippen LogP contribution in [0.15, 0.2) is 85.1 Å². The molecule has 6 nitrogen and oxygen atoms in total. The van der Waals surface area contributed by atoms with Gasteiger partial charge in [0, 0.05) is 57.2 Å². The molecule has 5 rings (SSSR count). The number of anilines is 2.